The van der Waals surface area contributed by atoms with Crippen LogP contribution in [0.25, 0.3) is 266 Å². The number of rotatable bonds is 7. The second kappa shape index (κ2) is 28.9. The van der Waals surface area contributed by atoms with Crippen LogP contribution in [-0.4, -0.2) is 42.0 Å². The number of imidazole rings is 3. The van der Waals surface area contributed by atoms with Gasteiger partial charge in [0.05, 0.1) is 88.9 Å². The van der Waals surface area contributed by atoms with Crippen LogP contribution in [0.1, 0.15) is 0 Å². The standard InChI is InChI=1S/2C41H23N3S2.C35H21N3S2/c1-2-10-26(11-3-1)43-34-21-19-24(22-31(34)37-39-38(46-41(37)43)30-15-7-9-17-36(30)45-39)25-18-20-32-35(23-25)44-33-16-8-6-13-28(33)27-12-4-5-14-29(27)40(44)42-32;1-2-10-26(11-3-1)43-34-20-18-24(22-31(34)37-39-38(46-41(37)43)30-15-7-9-17-36(30)45-39)25-19-21-35-32(23-25)42-40-29-14-5-4-12-27(29)28-13-6-8-16-33(28)44(35)40;1-3-11-23(12-4-1)37-29-17-9-8-16-27(29)36-34(37)22-19-20-28-26(21-22)31-33-32(25-15-7-10-18-30(25)39-33)40-35(31)38(28)24-13-5-2-6-14-24/h2*1-23H;1-21H. The number of pyridine rings is 2. The Labute approximate surface area is 775 Å². The third-order valence-corrected chi connectivity index (χ3v) is 34.3. The van der Waals surface area contributed by atoms with E-state index in [0.29, 0.717) is 0 Å². The SMILES string of the molecule is c1ccc(-n2c(-c3ccc4c(c3)c3c5sc6ccccc6c5sc3n4-c3ccccc3)nc3ccccc32)cc1.c1ccc(-n2c3ccc(-c4ccc5c(c4)nc4c6ccccc6c6ccccc6n54)cc3c3c4sc5ccccc5c4sc32)cc1.c1ccc(-n2c3ccc(-c4ccc5nc6c7ccccc7c7ccccc7n6c5c4)cc3c3c4sc5ccccc5c4sc32)cc1. The monoisotopic (exact) mass is 1790 g/mol. The minimum Gasteiger partial charge on any atom is -0.301 e. The number of thiophene rings is 6. The zero-order valence-corrected chi connectivity index (χ0v) is 75.1. The molecule has 0 aliphatic carbocycles. The Morgan fingerprint density at radius 3 is 0.947 bits per heavy atom. The van der Waals surface area contributed by atoms with E-state index in [0.717, 1.165) is 61.5 Å². The average Bonchev–Trinajstić information content (AvgIpc) is 1.51. The Kier molecular flexibility index (Phi) is 16.3. The van der Waals surface area contributed by atoms with Crippen LogP contribution < -0.4 is 0 Å². The summed E-state index contributed by atoms with van der Waals surface area (Å²) in [4.78, 5) is 19.5. The van der Waals surface area contributed by atoms with Crippen molar-refractivity contribution in [1.82, 2.24) is 42.0 Å². The van der Waals surface area contributed by atoms with Gasteiger partial charge in [-0.1, -0.05) is 249 Å². The highest BCUT2D eigenvalue weighted by molar-refractivity contribution is 7.38. The van der Waals surface area contributed by atoms with Crippen molar-refractivity contribution < 1.29 is 0 Å². The zero-order chi connectivity index (χ0) is 86.1. The van der Waals surface area contributed by atoms with Gasteiger partial charge in [-0.15, -0.1) is 68.0 Å². The molecule has 0 bridgehead atoms. The summed E-state index contributed by atoms with van der Waals surface area (Å²) in [5, 5.41) is 19.3. The highest BCUT2D eigenvalue weighted by atomic mass is 32.1. The van der Waals surface area contributed by atoms with Gasteiger partial charge in [0, 0.05) is 112 Å². The molecule has 9 nitrogen and oxygen atoms in total. The van der Waals surface area contributed by atoms with Crippen LogP contribution in [0.5, 0.6) is 0 Å². The van der Waals surface area contributed by atoms with E-state index < -0.39 is 0 Å². The first-order valence-electron chi connectivity index (χ1n) is 44.3. The van der Waals surface area contributed by atoms with Gasteiger partial charge < -0.3 is 13.7 Å². The fourth-order valence-corrected chi connectivity index (χ4v) is 29.4. The van der Waals surface area contributed by atoms with Crippen LogP contribution in [0.15, 0.2) is 406 Å². The van der Waals surface area contributed by atoms with Gasteiger partial charge in [-0.25, -0.2) is 15.0 Å². The molecule has 0 atom stereocenters. The Bertz CT molecular complexity index is 10200. The molecule has 0 fully saturated rings. The summed E-state index contributed by atoms with van der Waals surface area (Å²) in [5.41, 5.74) is 25.0. The first-order chi connectivity index (χ1) is 65.5. The zero-order valence-electron chi connectivity index (χ0n) is 70.2. The largest absolute Gasteiger partial charge is 0.301 e. The van der Waals surface area contributed by atoms with Gasteiger partial charge in [0.1, 0.15) is 31.6 Å². The molecule has 0 spiro atoms. The molecule has 0 radical (unpaired) electrons. The van der Waals surface area contributed by atoms with Gasteiger partial charge in [0.25, 0.3) is 0 Å². The molecule has 14 aromatic heterocycles. The molecule has 0 aliphatic rings. The highest BCUT2D eigenvalue weighted by Crippen LogP contribution is 2.54. The Hall–Kier alpha value is -15.7. The molecule has 0 aliphatic heterocycles. The van der Waals surface area contributed by atoms with Crippen molar-refractivity contribution in [1.29, 1.82) is 0 Å². The number of benzene rings is 17. The van der Waals surface area contributed by atoms with E-state index in [1.807, 2.05) is 68.0 Å². The number of nitrogens with zero attached hydrogens (tertiary/aromatic N) is 9. The van der Waals surface area contributed by atoms with E-state index in [1.54, 1.807) is 0 Å². The van der Waals surface area contributed by atoms with Crippen LogP contribution in [0.2, 0.25) is 0 Å². The van der Waals surface area contributed by atoms with E-state index in [1.165, 1.54) is 204 Å². The van der Waals surface area contributed by atoms with E-state index in [9.17, 15) is 0 Å². The third kappa shape index (κ3) is 11.0. The van der Waals surface area contributed by atoms with Gasteiger partial charge in [-0.2, -0.15) is 0 Å². The van der Waals surface area contributed by atoms with E-state index >= 15 is 0 Å². The van der Waals surface area contributed by atoms with Crippen molar-refractivity contribution in [2.75, 3.05) is 0 Å². The Morgan fingerprint density at radius 2 is 0.492 bits per heavy atom. The number of hydrogen-bond donors (Lipinski definition) is 0. The maximum atomic E-state index is 5.25. The molecule has 0 saturated heterocycles. The smallest absolute Gasteiger partial charge is 0.146 e. The first kappa shape index (κ1) is 74.3. The minimum absolute atomic E-state index is 0.956. The summed E-state index contributed by atoms with van der Waals surface area (Å²) >= 11 is 11.5. The van der Waals surface area contributed by atoms with Crippen molar-refractivity contribution >= 4 is 278 Å². The summed E-state index contributed by atoms with van der Waals surface area (Å²) in [7, 11) is 0. The second-order valence-corrected chi connectivity index (χ2v) is 40.1. The van der Waals surface area contributed by atoms with Gasteiger partial charge in [0.15, 0.2) is 0 Å². The lowest BCUT2D eigenvalue weighted by Gasteiger charge is -2.10. The molecule has 31 rings (SSSR count). The maximum Gasteiger partial charge on any atom is 0.146 e. The van der Waals surface area contributed by atoms with Gasteiger partial charge in [-0.3, -0.25) is 13.4 Å². The fourth-order valence-electron chi connectivity index (χ4n) is 20.9. The molecular weight excluding hydrogens is 1720 g/mol. The van der Waals surface area contributed by atoms with Gasteiger partial charge >= 0.3 is 0 Å². The number of hydrogen-bond acceptors (Lipinski definition) is 9. The van der Waals surface area contributed by atoms with Crippen LogP contribution >= 0.6 is 68.0 Å². The molecule has 0 unspecified atom stereocenters. The summed E-state index contributed by atoms with van der Waals surface area (Å²) in [6, 6.07) is 147. The van der Waals surface area contributed by atoms with E-state index in [2.05, 4.69) is 434 Å². The summed E-state index contributed by atoms with van der Waals surface area (Å²) < 4.78 is 26.6. The molecule has 616 valence electrons. The van der Waals surface area contributed by atoms with Crippen LogP contribution in [-0.2, 0) is 0 Å². The lowest BCUT2D eigenvalue weighted by Crippen LogP contribution is -1.97. The van der Waals surface area contributed by atoms with Gasteiger partial charge in [0.2, 0.25) is 0 Å². The molecule has 14 heterocycles. The summed E-state index contributed by atoms with van der Waals surface area (Å²) in [5.74, 6) is 0.956. The molecule has 17 aromatic carbocycles. The third-order valence-electron chi connectivity index (χ3n) is 26.8. The number of para-hydroxylation sites is 8. The minimum atomic E-state index is 0.956. The Balaban J connectivity index is 0.0000000973. The van der Waals surface area contributed by atoms with Crippen molar-refractivity contribution in [2.45, 2.75) is 0 Å². The van der Waals surface area contributed by atoms with Crippen LogP contribution in [0.4, 0.5) is 0 Å². The van der Waals surface area contributed by atoms with Crippen molar-refractivity contribution in [3.8, 4) is 56.4 Å². The maximum absolute atomic E-state index is 5.25. The van der Waals surface area contributed by atoms with Gasteiger partial charge in [-0.05, 0) is 191 Å². The molecule has 31 aromatic rings. The summed E-state index contributed by atoms with van der Waals surface area (Å²) in [6.07, 6.45) is 0. The second-order valence-electron chi connectivity index (χ2n) is 34.0. The normalized spacial score (nSPS) is 12.2. The quantitative estimate of drug-likeness (QED) is 0.149. The van der Waals surface area contributed by atoms with E-state index in [4.69, 9.17) is 15.0 Å². The first-order valence-corrected chi connectivity index (χ1v) is 49.2. The number of fused-ring (bicyclic) bond motifs is 38. The molecular formula is C117H67N9S6. The van der Waals surface area contributed by atoms with Crippen LogP contribution in [0, 0.1) is 0 Å². The highest BCUT2D eigenvalue weighted by Gasteiger charge is 2.28. The predicted octanol–water partition coefficient (Wildman–Crippen LogP) is 34.2. The van der Waals surface area contributed by atoms with Crippen molar-refractivity contribution in [3.63, 3.8) is 0 Å². The van der Waals surface area contributed by atoms with Crippen molar-refractivity contribution in [3.05, 3.63) is 406 Å². The lowest BCUT2D eigenvalue weighted by atomic mass is 10.0. The molecule has 0 amide bonds. The predicted molar refractivity (Wildman–Crippen MR) is 568 cm³/mol. The lowest BCUT2D eigenvalue weighted by molar-refractivity contribution is 1.10. The average molecular weight is 1790 g/mol. The topological polar surface area (TPSA) is 67.2 Å². The molecule has 132 heavy (non-hydrogen) atoms. The molecule has 15 heteroatoms. The molecule has 0 saturated carbocycles. The fraction of sp³-hybridized carbons (Fsp3) is 0. The van der Waals surface area contributed by atoms with Crippen LogP contribution in [0.3, 0.4) is 0 Å². The summed E-state index contributed by atoms with van der Waals surface area (Å²) in [6.45, 7) is 0. The molecule has 0 N–H and O–H groups in total. The van der Waals surface area contributed by atoms with E-state index in [-0.39, 0.29) is 0 Å². The van der Waals surface area contributed by atoms with Crippen molar-refractivity contribution in [2.24, 2.45) is 0 Å². The number of aromatic nitrogens is 9. The Morgan fingerprint density at radius 1 is 0.174 bits per heavy atom.